The van der Waals surface area contributed by atoms with Crippen LogP contribution in [0.4, 0.5) is 0 Å². The van der Waals surface area contributed by atoms with E-state index in [2.05, 4.69) is 31.2 Å². The highest BCUT2D eigenvalue weighted by atomic mass is 16.2. The largest absolute Gasteiger partial charge is 0.343 e. The molecule has 0 unspecified atom stereocenters. The molecule has 114 valence electrons. The molecule has 1 heterocycles. The Morgan fingerprint density at radius 1 is 0.950 bits per heavy atom. The van der Waals surface area contributed by atoms with E-state index in [0.717, 1.165) is 38.8 Å². The first-order valence-corrected chi connectivity index (χ1v) is 8.42. The van der Waals surface area contributed by atoms with Crippen molar-refractivity contribution >= 4 is 5.91 Å². The lowest BCUT2D eigenvalue weighted by atomic mass is 10.2. The van der Waals surface area contributed by atoms with Crippen LogP contribution < -0.4 is 0 Å². The minimum atomic E-state index is 0.353. The first kappa shape index (κ1) is 17.0. The van der Waals surface area contributed by atoms with Crippen molar-refractivity contribution in [2.45, 2.75) is 71.1 Å². The van der Waals surface area contributed by atoms with Crippen LogP contribution in [0, 0.1) is 0 Å². The van der Waals surface area contributed by atoms with Gasteiger partial charge in [-0.1, -0.05) is 44.1 Å². The fourth-order valence-corrected chi connectivity index (χ4v) is 2.51. The monoisotopic (exact) mass is 277 g/mol. The molecular weight excluding hydrogens is 246 g/mol. The Hall–Kier alpha value is -1.05. The van der Waals surface area contributed by atoms with Gasteiger partial charge in [0, 0.05) is 19.5 Å². The highest BCUT2D eigenvalue weighted by Crippen LogP contribution is 2.10. The van der Waals surface area contributed by atoms with Crippen molar-refractivity contribution in [3.05, 3.63) is 24.3 Å². The van der Waals surface area contributed by atoms with E-state index in [4.69, 9.17) is 0 Å². The molecule has 1 aliphatic heterocycles. The van der Waals surface area contributed by atoms with Crippen molar-refractivity contribution in [1.29, 1.82) is 0 Å². The molecule has 1 fully saturated rings. The quantitative estimate of drug-likeness (QED) is 0.412. The Morgan fingerprint density at radius 3 is 2.25 bits per heavy atom. The molecule has 2 heteroatoms. The van der Waals surface area contributed by atoms with Crippen LogP contribution in [-0.4, -0.2) is 23.9 Å². The predicted molar refractivity (Wildman–Crippen MR) is 86.7 cm³/mol. The summed E-state index contributed by atoms with van der Waals surface area (Å²) < 4.78 is 0. The van der Waals surface area contributed by atoms with Crippen molar-refractivity contribution in [2.24, 2.45) is 0 Å². The zero-order chi connectivity index (χ0) is 14.5. The van der Waals surface area contributed by atoms with E-state index < -0.39 is 0 Å². The number of nitrogens with zero attached hydrogens (tertiary/aromatic N) is 1. The van der Waals surface area contributed by atoms with Gasteiger partial charge in [0.15, 0.2) is 0 Å². The van der Waals surface area contributed by atoms with Gasteiger partial charge in [-0.25, -0.2) is 0 Å². The van der Waals surface area contributed by atoms with Gasteiger partial charge in [0.05, 0.1) is 0 Å². The summed E-state index contributed by atoms with van der Waals surface area (Å²) in [6.45, 7) is 4.20. The standard InChI is InChI=1S/C18H31NO/c1-2-3-4-5-6-7-8-9-10-11-12-15-18(20)19-16-13-14-17-19/h6-7,9-10H,2-5,8,11-17H2,1H3. The highest BCUT2D eigenvalue weighted by molar-refractivity contribution is 5.76. The van der Waals surface area contributed by atoms with Gasteiger partial charge < -0.3 is 4.90 Å². The van der Waals surface area contributed by atoms with E-state index in [1.807, 2.05) is 4.90 Å². The van der Waals surface area contributed by atoms with Gasteiger partial charge in [-0.15, -0.1) is 0 Å². The summed E-state index contributed by atoms with van der Waals surface area (Å²) >= 11 is 0. The number of allylic oxidation sites excluding steroid dienone is 4. The molecule has 0 N–H and O–H groups in total. The third kappa shape index (κ3) is 8.19. The number of amides is 1. The molecule has 0 aromatic carbocycles. The van der Waals surface area contributed by atoms with Gasteiger partial charge in [-0.05, 0) is 44.9 Å². The third-order valence-electron chi connectivity index (χ3n) is 3.80. The SMILES string of the molecule is CCCCCC=CCC=CCCCC(=O)N1CCCC1. The lowest BCUT2D eigenvalue weighted by Crippen LogP contribution is -2.27. The summed E-state index contributed by atoms with van der Waals surface area (Å²) in [5.74, 6) is 0.353. The minimum Gasteiger partial charge on any atom is -0.343 e. The number of likely N-dealkylation sites (tertiary alicyclic amines) is 1. The summed E-state index contributed by atoms with van der Waals surface area (Å²) in [5, 5.41) is 0. The highest BCUT2D eigenvalue weighted by Gasteiger charge is 2.16. The van der Waals surface area contributed by atoms with Gasteiger partial charge in [0.25, 0.3) is 0 Å². The van der Waals surface area contributed by atoms with Crippen LogP contribution in [0.3, 0.4) is 0 Å². The van der Waals surface area contributed by atoms with Gasteiger partial charge in [0.2, 0.25) is 5.91 Å². The second kappa shape index (κ2) is 11.7. The number of hydrogen-bond donors (Lipinski definition) is 0. The Balaban J connectivity index is 1.92. The van der Waals surface area contributed by atoms with Crippen LogP contribution >= 0.6 is 0 Å². The molecule has 0 aromatic rings. The van der Waals surface area contributed by atoms with Crippen LogP contribution in [0.25, 0.3) is 0 Å². The Labute approximate surface area is 124 Å². The van der Waals surface area contributed by atoms with Crippen molar-refractivity contribution < 1.29 is 4.79 Å². The first-order valence-electron chi connectivity index (χ1n) is 8.42. The third-order valence-corrected chi connectivity index (χ3v) is 3.80. The van der Waals surface area contributed by atoms with Crippen molar-refractivity contribution in [1.82, 2.24) is 4.90 Å². The summed E-state index contributed by atoms with van der Waals surface area (Å²) in [6, 6.07) is 0. The Bertz CT molecular complexity index is 301. The number of hydrogen-bond acceptors (Lipinski definition) is 1. The molecule has 20 heavy (non-hydrogen) atoms. The van der Waals surface area contributed by atoms with E-state index in [9.17, 15) is 4.79 Å². The summed E-state index contributed by atoms with van der Waals surface area (Å²) in [7, 11) is 0. The molecular formula is C18H31NO. The van der Waals surface area contributed by atoms with Crippen molar-refractivity contribution in [2.75, 3.05) is 13.1 Å². The Morgan fingerprint density at radius 2 is 1.60 bits per heavy atom. The summed E-state index contributed by atoms with van der Waals surface area (Å²) in [5.41, 5.74) is 0. The smallest absolute Gasteiger partial charge is 0.222 e. The number of unbranched alkanes of at least 4 members (excludes halogenated alkanes) is 4. The minimum absolute atomic E-state index is 0.353. The topological polar surface area (TPSA) is 20.3 Å². The maximum absolute atomic E-state index is 11.8. The van der Waals surface area contributed by atoms with Crippen LogP contribution in [0.2, 0.25) is 0 Å². The van der Waals surface area contributed by atoms with Crippen LogP contribution in [0.1, 0.15) is 71.1 Å². The number of rotatable bonds is 10. The lowest BCUT2D eigenvalue weighted by molar-refractivity contribution is -0.130. The van der Waals surface area contributed by atoms with Gasteiger partial charge >= 0.3 is 0 Å². The van der Waals surface area contributed by atoms with E-state index in [-0.39, 0.29) is 0 Å². The van der Waals surface area contributed by atoms with E-state index >= 15 is 0 Å². The van der Waals surface area contributed by atoms with Crippen LogP contribution in [-0.2, 0) is 4.79 Å². The fraction of sp³-hybridized carbons (Fsp3) is 0.722. The molecule has 1 rings (SSSR count). The molecule has 0 spiro atoms. The van der Waals surface area contributed by atoms with Crippen molar-refractivity contribution in [3.8, 4) is 0 Å². The molecule has 1 amide bonds. The van der Waals surface area contributed by atoms with Gasteiger partial charge in [-0.3, -0.25) is 4.79 Å². The molecule has 1 saturated heterocycles. The molecule has 0 aliphatic carbocycles. The molecule has 0 aromatic heterocycles. The molecule has 2 nitrogen and oxygen atoms in total. The fourth-order valence-electron chi connectivity index (χ4n) is 2.51. The molecule has 1 aliphatic rings. The van der Waals surface area contributed by atoms with Crippen LogP contribution in [0.15, 0.2) is 24.3 Å². The maximum atomic E-state index is 11.8. The molecule has 0 saturated carbocycles. The van der Waals surface area contributed by atoms with E-state index in [1.54, 1.807) is 0 Å². The lowest BCUT2D eigenvalue weighted by Gasteiger charge is -2.14. The average Bonchev–Trinajstić information content (AvgIpc) is 2.99. The normalized spacial score (nSPS) is 15.8. The zero-order valence-corrected chi connectivity index (χ0v) is 13.2. The predicted octanol–water partition coefficient (Wildman–Crippen LogP) is 4.86. The summed E-state index contributed by atoms with van der Waals surface area (Å²) in [4.78, 5) is 13.8. The molecule has 0 radical (unpaired) electrons. The van der Waals surface area contributed by atoms with E-state index in [0.29, 0.717) is 5.91 Å². The number of carbonyl (C=O) groups is 1. The van der Waals surface area contributed by atoms with Crippen LogP contribution in [0.5, 0.6) is 0 Å². The zero-order valence-electron chi connectivity index (χ0n) is 13.2. The van der Waals surface area contributed by atoms with Gasteiger partial charge in [-0.2, -0.15) is 0 Å². The number of carbonyl (C=O) groups excluding carboxylic acids is 1. The molecule has 0 atom stereocenters. The Kier molecular flexibility index (Phi) is 9.99. The second-order valence-electron chi connectivity index (χ2n) is 5.65. The van der Waals surface area contributed by atoms with E-state index in [1.165, 1.54) is 38.5 Å². The molecule has 0 bridgehead atoms. The first-order chi connectivity index (χ1) is 9.84. The summed E-state index contributed by atoms with van der Waals surface area (Å²) in [6.07, 6.45) is 20.3. The second-order valence-corrected chi connectivity index (χ2v) is 5.65. The maximum Gasteiger partial charge on any atom is 0.222 e. The average molecular weight is 277 g/mol. The van der Waals surface area contributed by atoms with Crippen molar-refractivity contribution in [3.63, 3.8) is 0 Å². The van der Waals surface area contributed by atoms with Gasteiger partial charge in [0.1, 0.15) is 0 Å².